The molecule has 0 spiro atoms. The molecule has 1 fully saturated rings. The smallest absolute Gasteiger partial charge is 0.109 e. The van der Waals surface area contributed by atoms with Gasteiger partial charge in [0, 0.05) is 35.7 Å². The SMILES string of the molecule is Cl.FC[C@@H](c1cc(Cl)ccc1Br)N1CCNCC1. The van der Waals surface area contributed by atoms with E-state index in [1.165, 1.54) is 0 Å². The summed E-state index contributed by atoms with van der Waals surface area (Å²) in [5.74, 6) is 0. The Hall–Kier alpha value is 0.130. The molecule has 1 aliphatic rings. The van der Waals surface area contributed by atoms with E-state index in [-0.39, 0.29) is 25.1 Å². The third kappa shape index (κ3) is 3.81. The van der Waals surface area contributed by atoms with Gasteiger partial charge in [0.2, 0.25) is 0 Å². The highest BCUT2D eigenvalue weighted by Gasteiger charge is 2.23. The number of rotatable bonds is 3. The molecule has 0 bridgehead atoms. The number of piperazine rings is 1. The van der Waals surface area contributed by atoms with Crippen molar-refractivity contribution in [3.05, 3.63) is 33.3 Å². The van der Waals surface area contributed by atoms with Gasteiger partial charge >= 0.3 is 0 Å². The number of benzene rings is 1. The minimum absolute atomic E-state index is 0. The molecule has 1 aromatic carbocycles. The Balaban J connectivity index is 0.00000162. The average molecular weight is 358 g/mol. The Morgan fingerprint density at radius 1 is 1.39 bits per heavy atom. The van der Waals surface area contributed by atoms with Crippen LogP contribution in [0, 0.1) is 0 Å². The van der Waals surface area contributed by atoms with Crippen LogP contribution in [0.25, 0.3) is 0 Å². The number of halogens is 4. The van der Waals surface area contributed by atoms with Crippen LogP contribution < -0.4 is 5.32 Å². The first-order valence-corrected chi connectivity index (χ1v) is 6.85. The lowest BCUT2D eigenvalue weighted by atomic mass is 10.1. The van der Waals surface area contributed by atoms with Crippen LogP contribution in [-0.2, 0) is 0 Å². The maximum Gasteiger partial charge on any atom is 0.109 e. The van der Waals surface area contributed by atoms with Crippen LogP contribution in [0.1, 0.15) is 11.6 Å². The van der Waals surface area contributed by atoms with Gasteiger partial charge in [-0.2, -0.15) is 0 Å². The third-order valence-corrected chi connectivity index (χ3v) is 4.01. The van der Waals surface area contributed by atoms with Crippen molar-refractivity contribution in [3.8, 4) is 0 Å². The van der Waals surface area contributed by atoms with Gasteiger partial charge in [0.15, 0.2) is 0 Å². The predicted molar refractivity (Wildman–Crippen MR) is 79.6 cm³/mol. The molecule has 6 heteroatoms. The molecule has 2 nitrogen and oxygen atoms in total. The Morgan fingerprint density at radius 2 is 2.06 bits per heavy atom. The molecule has 2 rings (SSSR count). The van der Waals surface area contributed by atoms with Crippen LogP contribution in [0.2, 0.25) is 5.02 Å². The first-order valence-electron chi connectivity index (χ1n) is 5.68. The second-order valence-electron chi connectivity index (χ2n) is 4.12. The summed E-state index contributed by atoms with van der Waals surface area (Å²) in [4.78, 5) is 2.16. The lowest BCUT2D eigenvalue weighted by Crippen LogP contribution is -2.45. The second kappa shape index (κ2) is 7.65. The van der Waals surface area contributed by atoms with Gasteiger partial charge < -0.3 is 5.32 Å². The fraction of sp³-hybridized carbons (Fsp3) is 0.500. The largest absolute Gasteiger partial charge is 0.314 e. The molecule has 1 N–H and O–H groups in total. The summed E-state index contributed by atoms with van der Waals surface area (Å²) in [6, 6.07) is 5.33. The summed E-state index contributed by atoms with van der Waals surface area (Å²) in [7, 11) is 0. The summed E-state index contributed by atoms with van der Waals surface area (Å²) in [5.41, 5.74) is 0.932. The van der Waals surface area contributed by atoms with Gasteiger partial charge in [-0.05, 0) is 23.8 Å². The van der Waals surface area contributed by atoms with E-state index < -0.39 is 0 Å². The average Bonchev–Trinajstić information content (AvgIpc) is 2.36. The Morgan fingerprint density at radius 3 is 2.67 bits per heavy atom. The lowest BCUT2D eigenvalue weighted by Gasteiger charge is -2.34. The van der Waals surface area contributed by atoms with Crippen molar-refractivity contribution in [1.29, 1.82) is 0 Å². The Kier molecular flexibility index (Phi) is 6.88. The van der Waals surface area contributed by atoms with E-state index in [4.69, 9.17) is 11.6 Å². The van der Waals surface area contributed by atoms with E-state index in [1.807, 2.05) is 18.2 Å². The van der Waals surface area contributed by atoms with Crippen molar-refractivity contribution in [2.45, 2.75) is 6.04 Å². The van der Waals surface area contributed by atoms with Crippen LogP contribution in [0.15, 0.2) is 22.7 Å². The van der Waals surface area contributed by atoms with Crippen LogP contribution >= 0.6 is 39.9 Å². The molecule has 1 saturated heterocycles. The van der Waals surface area contributed by atoms with Crippen molar-refractivity contribution in [2.75, 3.05) is 32.9 Å². The highest BCUT2D eigenvalue weighted by Crippen LogP contribution is 2.30. The molecule has 1 aromatic rings. The van der Waals surface area contributed by atoms with Gasteiger partial charge in [-0.1, -0.05) is 27.5 Å². The van der Waals surface area contributed by atoms with Crippen LogP contribution in [0.5, 0.6) is 0 Å². The molecule has 1 atom stereocenters. The molecule has 0 unspecified atom stereocenters. The molecular weight excluding hydrogens is 342 g/mol. The van der Waals surface area contributed by atoms with Crippen LogP contribution in [-0.4, -0.2) is 37.8 Å². The van der Waals surface area contributed by atoms with Crippen molar-refractivity contribution in [3.63, 3.8) is 0 Å². The van der Waals surface area contributed by atoms with Gasteiger partial charge in [0.1, 0.15) is 6.67 Å². The highest BCUT2D eigenvalue weighted by molar-refractivity contribution is 9.10. The number of alkyl halides is 1. The minimum atomic E-state index is -0.390. The minimum Gasteiger partial charge on any atom is -0.314 e. The van der Waals surface area contributed by atoms with Crippen molar-refractivity contribution < 1.29 is 4.39 Å². The molecular formula is C12H16BrCl2FN2. The number of hydrogen-bond acceptors (Lipinski definition) is 2. The third-order valence-electron chi connectivity index (χ3n) is 3.06. The molecule has 0 aromatic heterocycles. The maximum atomic E-state index is 13.3. The monoisotopic (exact) mass is 356 g/mol. The number of hydrogen-bond donors (Lipinski definition) is 1. The van der Waals surface area contributed by atoms with E-state index in [9.17, 15) is 4.39 Å². The first-order chi connectivity index (χ1) is 8.22. The van der Waals surface area contributed by atoms with Gasteiger partial charge in [-0.3, -0.25) is 4.90 Å². The number of nitrogens with zero attached hydrogens (tertiary/aromatic N) is 1. The van der Waals surface area contributed by atoms with Crippen molar-refractivity contribution in [1.82, 2.24) is 10.2 Å². The van der Waals surface area contributed by atoms with E-state index in [0.29, 0.717) is 5.02 Å². The van der Waals surface area contributed by atoms with E-state index >= 15 is 0 Å². The molecule has 0 radical (unpaired) electrons. The molecule has 0 amide bonds. The fourth-order valence-electron chi connectivity index (χ4n) is 2.14. The Labute approximate surface area is 126 Å². The van der Waals surface area contributed by atoms with E-state index in [2.05, 4.69) is 26.1 Å². The topological polar surface area (TPSA) is 15.3 Å². The summed E-state index contributed by atoms with van der Waals surface area (Å²) in [6.07, 6.45) is 0. The van der Waals surface area contributed by atoms with Crippen molar-refractivity contribution >= 4 is 39.9 Å². The second-order valence-corrected chi connectivity index (χ2v) is 5.41. The van der Waals surface area contributed by atoms with Crippen LogP contribution in [0.4, 0.5) is 4.39 Å². The van der Waals surface area contributed by atoms with Crippen molar-refractivity contribution in [2.24, 2.45) is 0 Å². The summed E-state index contributed by atoms with van der Waals surface area (Å²) in [5, 5.41) is 3.92. The maximum absolute atomic E-state index is 13.3. The quantitative estimate of drug-likeness (QED) is 0.891. The zero-order valence-corrected chi connectivity index (χ0v) is 13.0. The first kappa shape index (κ1) is 16.2. The standard InChI is InChI=1S/C12H15BrClFN2.ClH/c13-11-2-1-9(14)7-10(11)12(8-15)17-5-3-16-4-6-17;/h1-2,7,12,16H,3-6,8H2;1H/t12-;/m0./s1. The summed E-state index contributed by atoms with van der Waals surface area (Å²) in [6.45, 7) is 3.17. The molecule has 1 heterocycles. The number of nitrogens with one attached hydrogen (secondary N) is 1. The van der Waals surface area contributed by atoms with E-state index in [0.717, 1.165) is 36.2 Å². The molecule has 0 saturated carbocycles. The van der Waals surface area contributed by atoms with Crippen LogP contribution in [0.3, 0.4) is 0 Å². The fourth-order valence-corrected chi connectivity index (χ4v) is 2.83. The summed E-state index contributed by atoms with van der Waals surface area (Å²) >= 11 is 9.45. The van der Waals surface area contributed by atoms with Gasteiger partial charge in [0.05, 0.1) is 6.04 Å². The molecule has 1 aliphatic heterocycles. The lowest BCUT2D eigenvalue weighted by molar-refractivity contribution is 0.147. The van der Waals surface area contributed by atoms with Gasteiger partial charge in [0.25, 0.3) is 0 Å². The normalized spacial score (nSPS) is 18.2. The van der Waals surface area contributed by atoms with Gasteiger partial charge in [-0.15, -0.1) is 12.4 Å². The zero-order chi connectivity index (χ0) is 12.3. The molecule has 0 aliphatic carbocycles. The predicted octanol–water partition coefficient (Wildman–Crippen LogP) is 3.44. The zero-order valence-electron chi connectivity index (χ0n) is 9.83. The summed E-state index contributed by atoms with van der Waals surface area (Å²) < 4.78 is 14.2. The highest BCUT2D eigenvalue weighted by atomic mass is 79.9. The van der Waals surface area contributed by atoms with E-state index in [1.54, 1.807) is 0 Å². The van der Waals surface area contributed by atoms with Gasteiger partial charge in [-0.25, -0.2) is 4.39 Å². The Bertz CT molecular complexity index is 386. The molecule has 102 valence electrons. The molecule has 18 heavy (non-hydrogen) atoms.